The Morgan fingerprint density at radius 2 is 1.88 bits per heavy atom. The molecule has 0 aliphatic carbocycles. The van der Waals surface area contributed by atoms with E-state index < -0.39 is 0 Å². The van der Waals surface area contributed by atoms with Crippen LogP contribution in [0.15, 0.2) is 42.5 Å². The van der Waals surface area contributed by atoms with Crippen molar-refractivity contribution in [3.05, 3.63) is 58.6 Å². The van der Waals surface area contributed by atoms with E-state index in [1.165, 1.54) is 5.56 Å². The van der Waals surface area contributed by atoms with Crippen LogP contribution < -0.4 is 9.47 Å². The number of fused-ring (bicyclic) bond motifs is 1. The molecule has 2 aromatic rings. The molecule has 1 saturated heterocycles. The minimum absolute atomic E-state index is 0.0728. The molecule has 1 atom stereocenters. The number of ether oxygens (including phenoxy) is 2. The Kier molecular flexibility index (Phi) is 4.77. The molecule has 0 bridgehead atoms. The molecule has 0 aromatic heterocycles. The van der Waals surface area contributed by atoms with E-state index in [4.69, 9.17) is 21.1 Å². The number of halogens is 1. The molecule has 1 fully saturated rings. The third kappa shape index (κ3) is 3.58. The van der Waals surface area contributed by atoms with E-state index >= 15 is 0 Å². The summed E-state index contributed by atoms with van der Waals surface area (Å²) in [7, 11) is 0. The molecule has 1 amide bonds. The van der Waals surface area contributed by atoms with Gasteiger partial charge in [0.05, 0.1) is 0 Å². The van der Waals surface area contributed by atoms with Crippen molar-refractivity contribution in [2.45, 2.75) is 11.7 Å². The predicted octanol–water partition coefficient (Wildman–Crippen LogP) is 4.39. The summed E-state index contributed by atoms with van der Waals surface area (Å²) in [6, 6.07) is 13.2. The smallest absolute Gasteiger partial charge is 0.253 e. The van der Waals surface area contributed by atoms with Gasteiger partial charge in [0.15, 0.2) is 11.5 Å². The van der Waals surface area contributed by atoms with Crippen LogP contribution in [0, 0.1) is 0 Å². The Morgan fingerprint density at radius 1 is 1.08 bits per heavy atom. The van der Waals surface area contributed by atoms with Gasteiger partial charge in [0.25, 0.3) is 5.91 Å². The number of carbonyl (C=O) groups excluding carboxylic acids is 1. The van der Waals surface area contributed by atoms with Gasteiger partial charge in [0, 0.05) is 34.7 Å². The molecule has 2 aromatic carbocycles. The first-order valence-corrected chi connectivity index (χ1v) is 9.69. The van der Waals surface area contributed by atoms with Gasteiger partial charge in [-0.05, 0) is 48.4 Å². The van der Waals surface area contributed by atoms with Gasteiger partial charge in [-0.15, -0.1) is 0 Å². The fraction of sp³-hybridized carbons (Fsp3) is 0.316. The van der Waals surface area contributed by atoms with E-state index in [1.54, 1.807) is 24.3 Å². The fourth-order valence-electron chi connectivity index (χ4n) is 3.13. The summed E-state index contributed by atoms with van der Waals surface area (Å²) in [6.45, 7) is 1.79. The third-order valence-corrected chi connectivity index (χ3v) is 6.07. The number of amides is 1. The average molecular weight is 376 g/mol. The molecular weight excluding hydrogens is 358 g/mol. The quantitative estimate of drug-likeness (QED) is 0.780. The Balaban J connectivity index is 1.45. The van der Waals surface area contributed by atoms with Gasteiger partial charge in [-0.3, -0.25) is 4.79 Å². The number of rotatable bonds is 2. The van der Waals surface area contributed by atoms with Gasteiger partial charge in [0.1, 0.15) is 0 Å². The second kappa shape index (κ2) is 7.18. The van der Waals surface area contributed by atoms with Crippen LogP contribution >= 0.6 is 23.4 Å². The van der Waals surface area contributed by atoms with Gasteiger partial charge in [-0.25, -0.2) is 0 Å². The van der Waals surface area contributed by atoms with Crippen LogP contribution in [0.1, 0.15) is 27.6 Å². The van der Waals surface area contributed by atoms with Crippen molar-refractivity contribution in [3.8, 4) is 11.5 Å². The molecule has 4 rings (SSSR count). The van der Waals surface area contributed by atoms with Crippen molar-refractivity contribution in [1.82, 2.24) is 4.90 Å². The molecule has 2 heterocycles. The molecule has 0 radical (unpaired) electrons. The largest absolute Gasteiger partial charge is 0.454 e. The monoisotopic (exact) mass is 375 g/mol. The maximum atomic E-state index is 12.7. The molecule has 130 valence electrons. The van der Waals surface area contributed by atoms with Crippen molar-refractivity contribution in [1.29, 1.82) is 0 Å². The van der Waals surface area contributed by atoms with E-state index in [2.05, 4.69) is 12.1 Å². The Hall–Kier alpha value is -1.85. The van der Waals surface area contributed by atoms with Crippen LogP contribution in [0.5, 0.6) is 11.5 Å². The van der Waals surface area contributed by atoms with E-state index in [0.717, 1.165) is 36.8 Å². The van der Waals surface area contributed by atoms with E-state index in [1.807, 2.05) is 22.7 Å². The summed E-state index contributed by atoms with van der Waals surface area (Å²) in [6.07, 6.45) is 0.920. The molecule has 2 aliphatic heterocycles. The predicted molar refractivity (Wildman–Crippen MR) is 99.7 cm³/mol. The van der Waals surface area contributed by atoms with Crippen LogP contribution in [-0.2, 0) is 0 Å². The summed E-state index contributed by atoms with van der Waals surface area (Å²) in [5.74, 6) is 2.61. The Morgan fingerprint density at radius 3 is 2.72 bits per heavy atom. The molecule has 0 saturated carbocycles. The highest BCUT2D eigenvalue weighted by Gasteiger charge is 2.24. The maximum Gasteiger partial charge on any atom is 0.253 e. The fourth-order valence-corrected chi connectivity index (χ4v) is 4.48. The lowest BCUT2D eigenvalue weighted by Gasteiger charge is -2.20. The minimum atomic E-state index is 0.0728. The second-order valence-electron chi connectivity index (χ2n) is 6.06. The number of nitrogens with zero attached hydrogens (tertiary/aromatic N) is 1. The number of carbonyl (C=O) groups is 1. The number of thioether (sulfide) groups is 1. The van der Waals surface area contributed by atoms with Crippen LogP contribution in [0.2, 0.25) is 5.02 Å². The Labute approximate surface area is 156 Å². The summed E-state index contributed by atoms with van der Waals surface area (Å²) in [5, 5.41) is 1.00. The first kappa shape index (κ1) is 16.6. The summed E-state index contributed by atoms with van der Waals surface area (Å²) in [5.41, 5.74) is 1.92. The SMILES string of the molecule is O=C(c1ccc(Cl)cc1)N1CCSC(c2ccc3c(c2)OCO3)CC1. The standard InChI is InChI=1S/C19H18ClNO3S/c20-15-4-1-13(2-5-15)19(22)21-8-7-18(25-10-9-21)14-3-6-16-17(11-14)24-12-23-16/h1-6,11,18H,7-10,12H2. The van der Waals surface area contributed by atoms with Crippen molar-refractivity contribution in [2.24, 2.45) is 0 Å². The van der Waals surface area contributed by atoms with Crippen LogP contribution in [0.4, 0.5) is 0 Å². The highest BCUT2D eigenvalue weighted by molar-refractivity contribution is 7.99. The van der Waals surface area contributed by atoms with Crippen LogP contribution in [-0.4, -0.2) is 36.4 Å². The molecule has 0 N–H and O–H groups in total. The van der Waals surface area contributed by atoms with Gasteiger partial charge in [-0.1, -0.05) is 17.7 Å². The molecular formula is C19H18ClNO3S. The van der Waals surface area contributed by atoms with Crippen LogP contribution in [0.3, 0.4) is 0 Å². The number of hydrogen-bond donors (Lipinski definition) is 0. The minimum Gasteiger partial charge on any atom is -0.454 e. The molecule has 1 unspecified atom stereocenters. The second-order valence-corrected chi connectivity index (χ2v) is 7.81. The van der Waals surface area contributed by atoms with Gasteiger partial charge < -0.3 is 14.4 Å². The van der Waals surface area contributed by atoms with E-state index in [0.29, 0.717) is 22.6 Å². The van der Waals surface area contributed by atoms with Crippen LogP contribution in [0.25, 0.3) is 0 Å². The van der Waals surface area contributed by atoms with Crippen molar-refractivity contribution < 1.29 is 14.3 Å². The van der Waals surface area contributed by atoms with Crippen molar-refractivity contribution in [3.63, 3.8) is 0 Å². The summed E-state index contributed by atoms with van der Waals surface area (Å²) < 4.78 is 10.9. The summed E-state index contributed by atoms with van der Waals surface area (Å²) in [4.78, 5) is 14.6. The lowest BCUT2D eigenvalue weighted by molar-refractivity contribution is 0.0766. The summed E-state index contributed by atoms with van der Waals surface area (Å²) >= 11 is 7.80. The van der Waals surface area contributed by atoms with Gasteiger partial charge in [0.2, 0.25) is 6.79 Å². The first-order chi connectivity index (χ1) is 12.2. The molecule has 25 heavy (non-hydrogen) atoms. The normalized spacial score (nSPS) is 19.6. The first-order valence-electron chi connectivity index (χ1n) is 8.27. The van der Waals surface area contributed by atoms with Crippen molar-refractivity contribution in [2.75, 3.05) is 25.6 Å². The maximum absolute atomic E-state index is 12.7. The lowest BCUT2D eigenvalue weighted by atomic mass is 10.1. The molecule has 2 aliphatic rings. The van der Waals surface area contributed by atoms with E-state index in [9.17, 15) is 4.79 Å². The topological polar surface area (TPSA) is 38.8 Å². The van der Waals surface area contributed by atoms with Crippen molar-refractivity contribution >= 4 is 29.3 Å². The lowest BCUT2D eigenvalue weighted by Crippen LogP contribution is -2.32. The van der Waals surface area contributed by atoms with Gasteiger partial charge >= 0.3 is 0 Å². The zero-order valence-corrected chi connectivity index (χ0v) is 15.2. The number of hydrogen-bond acceptors (Lipinski definition) is 4. The van der Waals surface area contributed by atoms with Gasteiger partial charge in [-0.2, -0.15) is 11.8 Å². The Bertz CT molecular complexity index is 781. The van der Waals surface area contributed by atoms with E-state index in [-0.39, 0.29) is 5.91 Å². The zero-order chi connectivity index (χ0) is 17.2. The zero-order valence-electron chi connectivity index (χ0n) is 13.6. The highest BCUT2D eigenvalue weighted by atomic mass is 35.5. The number of benzene rings is 2. The molecule has 4 nitrogen and oxygen atoms in total. The molecule has 6 heteroatoms. The highest BCUT2D eigenvalue weighted by Crippen LogP contribution is 2.40. The average Bonchev–Trinajstić information content (AvgIpc) is 2.96. The third-order valence-electron chi connectivity index (χ3n) is 4.49. The molecule has 0 spiro atoms.